The van der Waals surface area contributed by atoms with Crippen molar-refractivity contribution in [3.8, 4) is 22.8 Å². The van der Waals surface area contributed by atoms with Gasteiger partial charge in [-0.25, -0.2) is 22.9 Å². The zero-order chi connectivity index (χ0) is 43.8. The van der Waals surface area contributed by atoms with Crippen molar-refractivity contribution in [2.24, 2.45) is 11.3 Å². The first-order chi connectivity index (χ1) is 28.1. The minimum absolute atomic E-state index is 0.0187. The molecule has 3 N–H and O–H groups in total. The van der Waals surface area contributed by atoms with Crippen LogP contribution in [0.5, 0.6) is 11.5 Å². The number of methoxy groups -OCH3 is 1. The summed E-state index contributed by atoms with van der Waals surface area (Å²) in [7, 11) is -2.77. The standard InChI is InChI=1S/C44H50BrN5O9S/c1-9-27-24-44(27,40(53)49-60(55,56)31-18-15-28(45)16-19-31)48-38(51)35-22-30(25-50(35)39(52)37(42(2,3)4)47-41(54)59-43(5,6)7)58-36-23-33(26-13-11-10-12-14-26)46-34-21-29(57-8)17-20-32(34)36/h9-21,23,27,30,35,37H,1,22,24-25H2,2-8H3,(H,47,54)(H,48,51)(H,49,53). The Morgan fingerprint density at radius 2 is 1.67 bits per heavy atom. The van der Waals surface area contributed by atoms with Gasteiger partial charge in [0, 0.05) is 39.9 Å². The number of amides is 4. The van der Waals surface area contributed by atoms with Crippen molar-refractivity contribution in [3.05, 3.63) is 96.0 Å². The van der Waals surface area contributed by atoms with Crippen LogP contribution in [0.3, 0.4) is 0 Å². The summed E-state index contributed by atoms with van der Waals surface area (Å²) in [5, 5.41) is 6.19. The fourth-order valence-electron chi connectivity index (χ4n) is 7.17. The molecule has 1 saturated carbocycles. The molecule has 1 aliphatic heterocycles. The molecule has 0 spiro atoms. The van der Waals surface area contributed by atoms with Crippen LogP contribution >= 0.6 is 15.9 Å². The molecular formula is C44H50BrN5O9S. The van der Waals surface area contributed by atoms with Gasteiger partial charge < -0.3 is 29.7 Å². The molecule has 2 aliphatic rings. The average molecular weight is 905 g/mol. The molecule has 5 atom stereocenters. The summed E-state index contributed by atoms with van der Waals surface area (Å²) in [6, 6.07) is 20.1. The number of nitrogens with one attached hydrogen (secondary N) is 3. The summed E-state index contributed by atoms with van der Waals surface area (Å²) in [6.45, 7) is 14.2. The summed E-state index contributed by atoms with van der Waals surface area (Å²) in [5.74, 6) is -1.81. The summed E-state index contributed by atoms with van der Waals surface area (Å²) in [5.41, 5.74) is -1.33. The number of halogens is 1. The molecule has 5 unspecified atom stereocenters. The summed E-state index contributed by atoms with van der Waals surface area (Å²) < 4.78 is 47.1. The molecule has 6 rings (SSSR count). The van der Waals surface area contributed by atoms with Crippen LogP contribution in [0.25, 0.3) is 22.2 Å². The number of pyridine rings is 1. The number of carbonyl (C=O) groups excluding carboxylic acids is 4. The molecule has 0 bridgehead atoms. The largest absolute Gasteiger partial charge is 0.497 e. The lowest BCUT2D eigenvalue weighted by molar-refractivity contribution is -0.143. The van der Waals surface area contributed by atoms with E-state index in [0.717, 1.165) is 5.56 Å². The predicted octanol–water partition coefficient (Wildman–Crippen LogP) is 6.53. The van der Waals surface area contributed by atoms with Gasteiger partial charge in [-0.15, -0.1) is 6.58 Å². The second-order valence-electron chi connectivity index (χ2n) is 17.1. The van der Waals surface area contributed by atoms with Gasteiger partial charge in [0.25, 0.3) is 15.9 Å². The van der Waals surface area contributed by atoms with Crippen LogP contribution in [0.2, 0.25) is 0 Å². The van der Waals surface area contributed by atoms with Gasteiger partial charge in [-0.1, -0.05) is 73.1 Å². The normalized spacial score (nSPS) is 20.7. The average Bonchev–Trinajstić information content (AvgIpc) is 3.74. The van der Waals surface area contributed by atoms with Gasteiger partial charge in [0.05, 0.1) is 29.8 Å². The molecule has 4 amide bonds. The minimum atomic E-state index is -4.33. The van der Waals surface area contributed by atoms with E-state index in [9.17, 15) is 27.6 Å². The van der Waals surface area contributed by atoms with E-state index in [1.165, 1.54) is 35.2 Å². The first-order valence-electron chi connectivity index (χ1n) is 19.4. The molecule has 2 heterocycles. The predicted molar refractivity (Wildman–Crippen MR) is 230 cm³/mol. The van der Waals surface area contributed by atoms with Crippen LogP contribution in [0.4, 0.5) is 4.79 Å². The fraction of sp³-hybridized carbons (Fsp3) is 0.386. The van der Waals surface area contributed by atoms with Crippen LogP contribution in [-0.2, 0) is 29.1 Å². The molecule has 1 saturated heterocycles. The van der Waals surface area contributed by atoms with Gasteiger partial charge >= 0.3 is 6.09 Å². The molecule has 4 aromatic rings. The lowest BCUT2D eigenvalue weighted by atomic mass is 9.85. The number of alkyl carbamates (subject to hydrolysis) is 1. The lowest BCUT2D eigenvalue weighted by Crippen LogP contribution is -2.60. The topological polar surface area (TPSA) is 182 Å². The Hall–Kier alpha value is -5.48. The monoisotopic (exact) mass is 903 g/mol. The van der Waals surface area contributed by atoms with E-state index in [2.05, 4.69) is 37.9 Å². The summed E-state index contributed by atoms with van der Waals surface area (Å²) in [6.07, 6.45) is -0.0475. The summed E-state index contributed by atoms with van der Waals surface area (Å²) in [4.78, 5) is 62.4. The number of fused-ring (bicyclic) bond motifs is 1. The van der Waals surface area contributed by atoms with Gasteiger partial charge in [0.1, 0.15) is 40.8 Å². The molecule has 3 aromatic carbocycles. The Balaban J connectivity index is 1.35. The number of ether oxygens (including phenoxy) is 3. The first-order valence-corrected chi connectivity index (χ1v) is 21.7. The molecule has 0 radical (unpaired) electrons. The van der Waals surface area contributed by atoms with Crippen LogP contribution < -0.4 is 24.8 Å². The Bertz CT molecular complexity index is 2420. The van der Waals surface area contributed by atoms with Crippen molar-refractivity contribution >= 4 is 60.7 Å². The van der Waals surface area contributed by atoms with Crippen molar-refractivity contribution < 1.29 is 41.8 Å². The van der Waals surface area contributed by atoms with Crippen molar-refractivity contribution in [2.75, 3.05) is 13.7 Å². The maximum Gasteiger partial charge on any atom is 0.408 e. The molecule has 60 heavy (non-hydrogen) atoms. The number of nitrogens with zero attached hydrogens (tertiary/aromatic N) is 2. The van der Waals surface area contributed by atoms with Crippen molar-refractivity contribution in [2.45, 2.75) is 88.6 Å². The number of hydrogen-bond acceptors (Lipinski definition) is 10. The van der Waals surface area contributed by atoms with Gasteiger partial charge in [-0.05, 0) is 69.0 Å². The first kappa shape index (κ1) is 44.1. The van der Waals surface area contributed by atoms with Gasteiger partial charge in [-0.2, -0.15) is 0 Å². The Kier molecular flexibility index (Phi) is 12.4. The number of rotatable bonds is 12. The van der Waals surface area contributed by atoms with Crippen molar-refractivity contribution in [3.63, 3.8) is 0 Å². The molecule has 318 valence electrons. The zero-order valence-corrected chi connectivity index (χ0v) is 37.0. The minimum Gasteiger partial charge on any atom is -0.497 e. The number of likely N-dealkylation sites (tertiary alicyclic amines) is 1. The zero-order valence-electron chi connectivity index (χ0n) is 34.6. The van der Waals surface area contributed by atoms with E-state index in [1.807, 2.05) is 36.4 Å². The molecule has 2 fully saturated rings. The third kappa shape index (κ3) is 9.76. The molecular weight excluding hydrogens is 854 g/mol. The van der Waals surface area contributed by atoms with Crippen LogP contribution in [0.15, 0.2) is 101 Å². The quantitative estimate of drug-likeness (QED) is 0.132. The second-order valence-corrected chi connectivity index (χ2v) is 19.7. The number of aromatic nitrogens is 1. The fourth-order valence-corrected chi connectivity index (χ4v) is 8.48. The number of sulfonamides is 1. The summed E-state index contributed by atoms with van der Waals surface area (Å²) >= 11 is 3.28. The SMILES string of the molecule is C=CC1CC1(NC(=O)C1CC(Oc2cc(-c3ccccc3)nc3cc(OC)ccc23)CN1C(=O)C(NC(=O)OC(C)(C)C)C(C)(C)C)C(=O)NS(=O)(=O)c1ccc(Br)cc1. The Labute approximate surface area is 358 Å². The second kappa shape index (κ2) is 16.9. The molecule has 14 nitrogen and oxygen atoms in total. The highest BCUT2D eigenvalue weighted by atomic mass is 79.9. The van der Waals surface area contributed by atoms with Gasteiger partial charge in [0.15, 0.2) is 0 Å². The lowest BCUT2D eigenvalue weighted by Gasteiger charge is -2.36. The van der Waals surface area contributed by atoms with E-state index >= 15 is 0 Å². The maximum atomic E-state index is 14.8. The third-order valence-corrected chi connectivity index (χ3v) is 12.2. The maximum absolute atomic E-state index is 14.8. The molecule has 16 heteroatoms. The van der Waals surface area contributed by atoms with E-state index in [0.29, 0.717) is 32.6 Å². The number of hydrogen-bond donors (Lipinski definition) is 3. The van der Waals surface area contributed by atoms with Gasteiger partial charge in [-0.3, -0.25) is 14.4 Å². The van der Waals surface area contributed by atoms with Crippen LogP contribution in [0, 0.1) is 11.3 Å². The van der Waals surface area contributed by atoms with E-state index in [4.69, 9.17) is 19.2 Å². The van der Waals surface area contributed by atoms with Crippen LogP contribution in [0.1, 0.15) is 54.4 Å². The van der Waals surface area contributed by atoms with Gasteiger partial charge in [0.2, 0.25) is 11.8 Å². The van der Waals surface area contributed by atoms with Crippen LogP contribution in [-0.4, -0.2) is 85.1 Å². The van der Waals surface area contributed by atoms with E-state index < -0.39 is 74.5 Å². The Morgan fingerprint density at radius 3 is 2.27 bits per heavy atom. The highest BCUT2D eigenvalue weighted by Crippen LogP contribution is 2.45. The molecule has 1 aromatic heterocycles. The van der Waals surface area contributed by atoms with E-state index in [-0.39, 0.29) is 24.3 Å². The molecule has 1 aliphatic carbocycles. The smallest absolute Gasteiger partial charge is 0.408 e. The van der Waals surface area contributed by atoms with Crippen molar-refractivity contribution in [1.29, 1.82) is 0 Å². The highest BCUT2D eigenvalue weighted by Gasteiger charge is 2.61. The third-order valence-electron chi connectivity index (χ3n) is 10.4. The Morgan fingerprint density at radius 1 is 0.983 bits per heavy atom. The number of carbonyl (C=O) groups is 4. The number of benzene rings is 3. The van der Waals surface area contributed by atoms with Crippen molar-refractivity contribution in [1.82, 2.24) is 25.2 Å². The highest BCUT2D eigenvalue weighted by molar-refractivity contribution is 9.10. The van der Waals surface area contributed by atoms with E-state index in [1.54, 1.807) is 66.9 Å².